The van der Waals surface area contributed by atoms with Crippen molar-refractivity contribution < 1.29 is 14.4 Å². The molecule has 3 rings (SSSR count). The van der Waals surface area contributed by atoms with E-state index >= 15 is 0 Å². The minimum absolute atomic E-state index is 0.148. The molecule has 0 saturated heterocycles. The zero-order valence-corrected chi connectivity index (χ0v) is 15.1. The molecule has 1 amide bonds. The topological polar surface area (TPSA) is 88.2 Å². The number of aliphatic hydroxyl groups is 1. The Hall–Kier alpha value is -3.43. The molecule has 6 nitrogen and oxygen atoms in total. The Labute approximate surface area is 157 Å². The molecule has 0 bridgehead atoms. The molecule has 2 aromatic carbocycles. The molecule has 0 aliphatic heterocycles. The number of carbonyl (C=O) groups excluding carboxylic acids is 1. The Bertz CT molecular complexity index is 993. The molecule has 0 aliphatic rings. The molecule has 27 heavy (non-hydrogen) atoms. The fourth-order valence-corrected chi connectivity index (χ4v) is 2.25. The van der Waals surface area contributed by atoms with Crippen molar-refractivity contribution in [2.24, 2.45) is 0 Å². The summed E-state index contributed by atoms with van der Waals surface area (Å²) in [5.41, 5.74) is 0.841. The van der Waals surface area contributed by atoms with Crippen molar-refractivity contribution in [2.75, 3.05) is 0 Å². The Morgan fingerprint density at radius 3 is 2.70 bits per heavy atom. The monoisotopic (exact) mass is 361 g/mol. The number of carbonyl (C=O) groups is 1. The van der Waals surface area contributed by atoms with Gasteiger partial charge in [0.2, 0.25) is 0 Å². The molecule has 0 spiro atoms. The van der Waals surface area contributed by atoms with Gasteiger partial charge >= 0.3 is 0 Å². The average molecular weight is 361 g/mol. The molecule has 0 unspecified atom stereocenters. The van der Waals surface area contributed by atoms with Gasteiger partial charge in [-0.15, -0.1) is 0 Å². The van der Waals surface area contributed by atoms with Crippen molar-refractivity contribution in [3.63, 3.8) is 0 Å². The van der Waals surface area contributed by atoms with E-state index in [1.807, 2.05) is 30.3 Å². The molecule has 0 radical (unpaired) electrons. The fraction of sp³-hybridized carbons (Fsp3) is 0.190. The Balaban J connectivity index is 1.64. The second-order valence-electron chi connectivity index (χ2n) is 6.45. The zero-order valence-electron chi connectivity index (χ0n) is 15.1. The number of aromatic nitrogens is 2. The first kappa shape index (κ1) is 18.4. The first-order valence-electron chi connectivity index (χ1n) is 8.42. The summed E-state index contributed by atoms with van der Waals surface area (Å²) in [7, 11) is 0. The summed E-state index contributed by atoms with van der Waals surface area (Å²) < 4.78 is 5.22. The Kier molecular flexibility index (Phi) is 5.34. The summed E-state index contributed by atoms with van der Waals surface area (Å²) in [5, 5.41) is 16.3. The van der Waals surface area contributed by atoms with Crippen LogP contribution in [0.25, 0.3) is 11.5 Å². The van der Waals surface area contributed by atoms with Crippen molar-refractivity contribution in [1.82, 2.24) is 15.5 Å². The standard InChI is InChI=1S/C21H19N3O3/c1-21(2,26)12-11-15-7-6-10-17(13-15)19(25)22-14-18-23-20(27-24-18)16-8-4-3-5-9-16/h3-10,13,26H,14H2,1-2H3,(H,22,25). The third-order valence-corrected chi connectivity index (χ3v) is 3.53. The van der Waals surface area contributed by atoms with Crippen LogP contribution in [0.4, 0.5) is 0 Å². The largest absolute Gasteiger partial charge is 0.378 e. The van der Waals surface area contributed by atoms with Gasteiger partial charge in [-0.2, -0.15) is 4.98 Å². The quantitative estimate of drug-likeness (QED) is 0.698. The molecular weight excluding hydrogens is 342 g/mol. The second-order valence-corrected chi connectivity index (χ2v) is 6.45. The van der Waals surface area contributed by atoms with E-state index in [0.717, 1.165) is 5.56 Å². The van der Waals surface area contributed by atoms with Gasteiger partial charge < -0.3 is 14.9 Å². The number of benzene rings is 2. The lowest BCUT2D eigenvalue weighted by atomic mass is 10.1. The summed E-state index contributed by atoms with van der Waals surface area (Å²) in [6.45, 7) is 3.35. The van der Waals surface area contributed by atoms with Crippen molar-refractivity contribution in [3.05, 3.63) is 71.5 Å². The van der Waals surface area contributed by atoms with E-state index in [2.05, 4.69) is 27.3 Å². The van der Waals surface area contributed by atoms with E-state index in [-0.39, 0.29) is 12.5 Å². The van der Waals surface area contributed by atoms with Crippen molar-refractivity contribution in [2.45, 2.75) is 26.0 Å². The SMILES string of the molecule is CC(C)(O)C#Cc1cccc(C(=O)NCc2noc(-c3ccccc3)n2)c1. The van der Waals surface area contributed by atoms with E-state index in [1.165, 1.54) is 0 Å². The van der Waals surface area contributed by atoms with Crippen LogP contribution >= 0.6 is 0 Å². The minimum atomic E-state index is -1.09. The summed E-state index contributed by atoms with van der Waals surface area (Å²) in [5.74, 6) is 6.10. The van der Waals surface area contributed by atoms with Gasteiger partial charge in [0.05, 0.1) is 6.54 Å². The van der Waals surface area contributed by atoms with Crippen LogP contribution in [0, 0.1) is 11.8 Å². The van der Waals surface area contributed by atoms with Crippen molar-refractivity contribution >= 4 is 5.91 Å². The van der Waals surface area contributed by atoms with E-state index in [9.17, 15) is 9.90 Å². The maximum absolute atomic E-state index is 12.4. The third-order valence-electron chi connectivity index (χ3n) is 3.53. The maximum atomic E-state index is 12.4. The van der Waals surface area contributed by atoms with Gasteiger partial charge in [0.25, 0.3) is 11.8 Å². The highest BCUT2D eigenvalue weighted by atomic mass is 16.5. The third kappa shape index (κ3) is 5.27. The maximum Gasteiger partial charge on any atom is 0.257 e. The lowest BCUT2D eigenvalue weighted by Crippen LogP contribution is -2.23. The predicted octanol–water partition coefficient (Wildman–Crippen LogP) is 2.79. The molecule has 0 atom stereocenters. The van der Waals surface area contributed by atoms with Gasteiger partial charge in [-0.05, 0) is 44.2 Å². The minimum Gasteiger partial charge on any atom is -0.378 e. The summed E-state index contributed by atoms with van der Waals surface area (Å²) in [6, 6.07) is 16.3. The summed E-state index contributed by atoms with van der Waals surface area (Å²) in [4.78, 5) is 16.6. The van der Waals surface area contributed by atoms with Crippen molar-refractivity contribution in [3.8, 4) is 23.3 Å². The molecule has 1 aromatic heterocycles. The van der Waals surface area contributed by atoms with Crippen LogP contribution in [0.5, 0.6) is 0 Å². The number of nitrogens with zero attached hydrogens (tertiary/aromatic N) is 2. The van der Waals surface area contributed by atoms with Crippen LogP contribution < -0.4 is 5.32 Å². The van der Waals surface area contributed by atoms with E-state index in [1.54, 1.807) is 38.1 Å². The fourth-order valence-electron chi connectivity index (χ4n) is 2.25. The summed E-state index contributed by atoms with van der Waals surface area (Å²) >= 11 is 0. The smallest absolute Gasteiger partial charge is 0.257 e. The molecular formula is C21H19N3O3. The number of hydrogen-bond acceptors (Lipinski definition) is 5. The van der Waals surface area contributed by atoms with Crippen LogP contribution in [0.3, 0.4) is 0 Å². The van der Waals surface area contributed by atoms with Gasteiger partial charge in [-0.25, -0.2) is 0 Å². The predicted molar refractivity (Wildman–Crippen MR) is 101 cm³/mol. The molecule has 0 aliphatic carbocycles. The zero-order chi connectivity index (χ0) is 19.3. The molecule has 136 valence electrons. The second kappa shape index (κ2) is 7.85. The van der Waals surface area contributed by atoms with E-state index < -0.39 is 5.60 Å². The molecule has 0 saturated carbocycles. The van der Waals surface area contributed by atoms with E-state index in [0.29, 0.717) is 22.8 Å². The van der Waals surface area contributed by atoms with E-state index in [4.69, 9.17) is 4.52 Å². The Morgan fingerprint density at radius 1 is 1.19 bits per heavy atom. The highest BCUT2D eigenvalue weighted by Gasteiger charge is 2.11. The first-order chi connectivity index (χ1) is 12.9. The molecule has 3 aromatic rings. The highest BCUT2D eigenvalue weighted by molar-refractivity contribution is 5.94. The lowest BCUT2D eigenvalue weighted by Gasteiger charge is -2.06. The molecule has 2 N–H and O–H groups in total. The highest BCUT2D eigenvalue weighted by Crippen LogP contribution is 2.16. The molecule has 6 heteroatoms. The first-order valence-corrected chi connectivity index (χ1v) is 8.42. The van der Waals surface area contributed by atoms with Gasteiger partial charge in [0, 0.05) is 16.7 Å². The van der Waals surface area contributed by atoms with Crippen LogP contribution in [-0.4, -0.2) is 26.8 Å². The van der Waals surface area contributed by atoms with Gasteiger partial charge in [-0.3, -0.25) is 4.79 Å². The van der Waals surface area contributed by atoms with Crippen LogP contribution in [0.1, 0.15) is 35.6 Å². The molecule has 0 fully saturated rings. The molecule has 1 heterocycles. The van der Waals surface area contributed by atoms with Gasteiger partial charge in [0.1, 0.15) is 5.60 Å². The summed E-state index contributed by atoms with van der Waals surface area (Å²) in [6.07, 6.45) is 0. The number of amides is 1. The van der Waals surface area contributed by atoms with Gasteiger partial charge in [-0.1, -0.05) is 41.3 Å². The number of hydrogen-bond donors (Lipinski definition) is 2. The number of nitrogens with one attached hydrogen (secondary N) is 1. The lowest BCUT2D eigenvalue weighted by molar-refractivity contribution is 0.0949. The average Bonchev–Trinajstić information content (AvgIpc) is 3.14. The van der Waals surface area contributed by atoms with Gasteiger partial charge in [0.15, 0.2) is 5.82 Å². The van der Waals surface area contributed by atoms with Crippen LogP contribution in [-0.2, 0) is 6.54 Å². The van der Waals surface area contributed by atoms with Crippen LogP contribution in [0.15, 0.2) is 59.1 Å². The van der Waals surface area contributed by atoms with Crippen molar-refractivity contribution in [1.29, 1.82) is 0 Å². The number of rotatable bonds is 4. The normalized spacial score (nSPS) is 10.8. The Morgan fingerprint density at radius 2 is 1.96 bits per heavy atom. The van der Waals surface area contributed by atoms with Crippen LogP contribution in [0.2, 0.25) is 0 Å².